The average molecular weight is 762 g/mol. The number of halogens is 6. The van der Waals surface area contributed by atoms with Crippen LogP contribution in [0.4, 0.5) is 37.7 Å². The molecule has 14 heteroatoms. The van der Waals surface area contributed by atoms with Gasteiger partial charge in [-0.2, -0.15) is 26.3 Å². The minimum Gasteiger partial charge on any atom is -0.457 e. The number of ether oxygens (including phenoxy) is 1. The maximum Gasteiger partial charge on any atom is 0.411 e. The molecule has 2 aliphatic carbocycles. The first kappa shape index (κ1) is 37.4. The molecule has 4 atom stereocenters. The number of imide groups is 1. The smallest absolute Gasteiger partial charge is 0.411 e. The molecule has 4 unspecified atom stereocenters. The molecule has 1 saturated carbocycles. The van der Waals surface area contributed by atoms with E-state index in [4.69, 9.17) is 4.74 Å². The van der Waals surface area contributed by atoms with Gasteiger partial charge in [0.05, 0.1) is 17.5 Å². The molecule has 2 N–H and O–H groups in total. The number of benzene rings is 4. The summed E-state index contributed by atoms with van der Waals surface area (Å²) >= 11 is 0. The van der Waals surface area contributed by atoms with Gasteiger partial charge in [-0.05, 0) is 115 Å². The fourth-order valence-corrected chi connectivity index (χ4v) is 8.02. The summed E-state index contributed by atoms with van der Waals surface area (Å²) in [5.41, 5.74) is -6.97. The number of rotatable bonds is 8. The Labute approximate surface area is 311 Å². The number of nitrogens with one attached hydrogen (secondary N) is 2. The average Bonchev–Trinajstić information content (AvgIpc) is 3.83. The number of hydrogen-bond donors (Lipinski definition) is 2. The minimum absolute atomic E-state index is 0.0292. The van der Waals surface area contributed by atoms with Crippen molar-refractivity contribution in [3.63, 3.8) is 0 Å². The zero-order valence-electron chi connectivity index (χ0n) is 29.5. The Morgan fingerprint density at radius 3 is 1.64 bits per heavy atom. The van der Waals surface area contributed by atoms with Gasteiger partial charge in [0.2, 0.25) is 17.2 Å². The molecule has 0 radical (unpaired) electrons. The van der Waals surface area contributed by atoms with E-state index in [2.05, 4.69) is 10.6 Å². The second-order valence-corrected chi connectivity index (χ2v) is 14.0. The van der Waals surface area contributed by atoms with E-state index in [-0.39, 0.29) is 45.8 Å². The van der Waals surface area contributed by atoms with Crippen molar-refractivity contribution >= 4 is 35.0 Å². The highest BCUT2D eigenvalue weighted by Gasteiger charge is 2.73. The lowest BCUT2D eigenvalue weighted by Crippen LogP contribution is -2.55. The Morgan fingerprint density at radius 1 is 0.673 bits per heavy atom. The second kappa shape index (κ2) is 13.4. The van der Waals surface area contributed by atoms with Gasteiger partial charge in [0, 0.05) is 23.9 Å². The van der Waals surface area contributed by atoms with E-state index in [1.807, 2.05) is 12.2 Å². The zero-order chi connectivity index (χ0) is 39.6. The molecule has 1 saturated heterocycles. The highest BCUT2D eigenvalue weighted by Crippen LogP contribution is 2.58. The molecule has 4 amide bonds. The molecule has 55 heavy (non-hydrogen) atoms. The van der Waals surface area contributed by atoms with Gasteiger partial charge >= 0.3 is 12.4 Å². The van der Waals surface area contributed by atoms with E-state index in [0.717, 1.165) is 17.0 Å². The summed E-state index contributed by atoms with van der Waals surface area (Å²) in [6.07, 6.45) is -7.71. The molecule has 1 aliphatic heterocycles. The first-order chi connectivity index (χ1) is 26.0. The second-order valence-electron chi connectivity index (χ2n) is 14.0. The van der Waals surface area contributed by atoms with Crippen molar-refractivity contribution in [2.24, 2.45) is 23.7 Å². The first-order valence-electron chi connectivity index (χ1n) is 17.3. The number of aryl methyl sites for hydroxylation is 2. The number of allylic oxidation sites excluding steroid dienone is 2. The highest BCUT2D eigenvalue weighted by atomic mass is 19.4. The van der Waals surface area contributed by atoms with E-state index in [1.54, 1.807) is 24.3 Å². The Hall–Kier alpha value is -5.92. The van der Waals surface area contributed by atoms with E-state index < -0.39 is 58.5 Å². The van der Waals surface area contributed by atoms with E-state index >= 15 is 26.3 Å². The Bertz CT molecular complexity index is 2200. The van der Waals surface area contributed by atoms with Crippen molar-refractivity contribution in [1.82, 2.24) is 5.32 Å². The third-order valence-electron chi connectivity index (χ3n) is 10.8. The van der Waals surface area contributed by atoms with Gasteiger partial charge in [-0.1, -0.05) is 36.4 Å². The Balaban J connectivity index is 1.20. The molecule has 3 aliphatic rings. The van der Waals surface area contributed by atoms with Crippen molar-refractivity contribution in [1.29, 1.82) is 0 Å². The fraction of sp³-hybridized carbons (Fsp3) is 0.268. The lowest BCUT2D eigenvalue weighted by atomic mass is 9.72. The number of amides is 4. The third-order valence-corrected chi connectivity index (χ3v) is 10.8. The molecule has 0 aromatic heterocycles. The molecule has 4 aromatic rings. The van der Waals surface area contributed by atoms with Crippen LogP contribution in [0.2, 0.25) is 0 Å². The number of carbonyl (C=O) groups excluding carboxylic acids is 4. The van der Waals surface area contributed by atoms with Crippen molar-refractivity contribution < 1.29 is 50.3 Å². The fourth-order valence-electron chi connectivity index (χ4n) is 8.02. The topological polar surface area (TPSA) is 105 Å². The summed E-state index contributed by atoms with van der Waals surface area (Å²) in [7, 11) is 1.50. The van der Waals surface area contributed by atoms with Crippen LogP contribution in [0, 0.1) is 37.5 Å². The van der Waals surface area contributed by atoms with E-state index in [9.17, 15) is 19.2 Å². The number of alkyl halides is 6. The van der Waals surface area contributed by atoms with Gasteiger partial charge in [-0.25, -0.2) is 4.90 Å². The monoisotopic (exact) mass is 761 g/mol. The molecular weight excluding hydrogens is 728 g/mol. The number of anilines is 2. The largest absolute Gasteiger partial charge is 0.457 e. The van der Waals surface area contributed by atoms with Crippen molar-refractivity contribution in [3.05, 3.63) is 130 Å². The molecule has 8 nitrogen and oxygen atoms in total. The van der Waals surface area contributed by atoms with Crippen LogP contribution in [0.3, 0.4) is 0 Å². The molecule has 284 valence electrons. The lowest BCUT2D eigenvalue weighted by Gasteiger charge is -2.39. The third kappa shape index (κ3) is 6.13. The van der Waals surface area contributed by atoms with Gasteiger partial charge < -0.3 is 15.4 Å². The SMILES string of the molecule is CNC(=O)c1ccc(Oc2ccc(C(=O)Nc3cc(C(c4ccc(C)c(N5C(=O)C6C7C=CC(C7)C6C5=O)c4)(C(F)(F)F)C(F)(F)F)ccc3C)cc2)cc1. The number of fused-ring (bicyclic) bond motifs is 5. The van der Waals surface area contributed by atoms with Crippen LogP contribution in [-0.2, 0) is 15.0 Å². The summed E-state index contributed by atoms with van der Waals surface area (Å²) < 4.78 is 97.8. The highest BCUT2D eigenvalue weighted by molar-refractivity contribution is 6.23. The van der Waals surface area contributed by atoms with Gasteiger partial charge in [0.1, 0.15) is 11.5 Å². The summed E-state index contributed by atoms with van der Waals surface area (Å²) in [6, 6.07) is 16.7. The van der Waals surface area contributed by atoms with Crippen LogP contribution in [-0.4, -0.2) is 43.0 Å². The quantitative estimate of drug-likeness (QED) is 0.107. The molecular formula is C41H33F6N3O5. The van der Waals surface area contributed by atoms with Crippen molar-refractivity contribution in [2.45, 2.75) is 38.0 Å². The van der Waals surface area contributed by atoms with Gasteiger partial charge in [0.25, 0.3) is 11.8 Å². The van der Waals surface area contributed by atoms with Crippen LogP contribution in [0.15, 0.2) is 97.1 Å². The number of nitrogens with zero attached hydrogens (tertiary/aromatic N) is 1. The predicted molar refractivity (Wildman–Crippen MR) is 190 cm³/mol. The predicted octanol–water partition coefficient (Wildman–Crippen LogP) is 8.43. The van der Waals surface area contributed by atoms with Crippen LogP contribution >= 0.6 is 0 Å². The molecule has 4 aromatic carbocycles. The summed E-state index contributed by atoms with van der Waals surface area (Å²) in [5.74, 6) is -3.58. The standard InChI is InChI=1S/C41H33F6N3O5/c1-21-4-12-27(19-31(21)49-36(52)24-10-16-30(17-11-24)55-29-14-8-23(9-15-29)35(51)48-3)39(40(42,43)44,41(45,46)47)28-13-5-22(2)32(20-28)50-37(53)33-25-6-7-26(18-25)34(33)38(50)54/h4-17,19-20,25-26,33-34H,18H2,1-3H3,(H,48,51)(H,49,52). The van der Waals surface area contributed by atoms with Crippen molar-refractivity contribution in [3.8, 4) is 11.5 Å². The normalized spacial score (nSPS) is 20.5. The molecule has 7 rings (SSSR count). The summed E-state index contributed by atoms with van der Waals surface area (Å²) in [5, 5.41) is 4.95. The van der Waals surface area contributed by atoms with Crippen molar-refractivity contribution in [2.75, 3.05) is 17.3 Å². The molecule has 2 bridgehead atoms. The van der Waals surface area contributed by atoms with Gasteiger partial charge in [-0.15, -0.1) is 0 Å². The number of hydrogen-bond acceptors (Lipinski definition) is 5. The first-order valence-corrected chi connectivity index (χ1v) is 17.3. The van der Waals surface area contributed by atoms with Crippen LogP contribution in [0.1, 0.15) is 49.4 Å². The molecule has 0 spiro atoms. The molecule has 2 fully saturated rings. The van der Waals surface area contributed by atoms with Crippen LogP contribution < -0.4 is 20.3 Å². The van der Waals surface area contributed by atoms with E-state index in [1.165, 1.54) is 45.2 Å². The summed E-state index contributed by atoms with van der Waals surface area (Å²) in [4.78, 5) is 53.0. The molecule has 1 heterocycles. The van der Waals surface area contributed by atoms with Gasteiger partial charge in [0.15, 0.2) is 0 Å². The van der Waals surface area contributed by atoms with E-state index in [0.29, 0.717) is 47.7 Å². The van der Waals surface area contributed by atoms with Gasteiger partial charge in [-0.3, -0.25) is 19.2 Å². The zero-order valence-corrected chi connectivity index (χ0v) is 29.5. The summed E-state index contributed by atoms with van der Waals surface area (Å²) in [6.45, 7) is 2.83. The Morgan fingerprint density at radius 2 is 1.15 bits per heavy atom. The lowest BCUT2D eigenvalue weighted by molar-refractivity contribution is -0.288. The maximum atomic E-state index is 15.3. The maximum absolute atomic E-state index is 15.3. The van der Waals surface area contributed by atoms with Crippen LogP contribution in [0.25, 0.3) is 0 Å². The number of carbonyl (C=O) groups is 4. The minimum atomic E-state index is -5.98. The van der Waals surface area contributed by atoms with Crippen LogP contribution in [0.5, 0.6) is 11.5 Å². The Kier molecular flexibility index (Phi) is 9.13.